The van der Waals surface area contributed by atoms with Gasteiger partial charge in [0.15, 0.2) is 5.75 Å². The zero-order valence-corrected chi connectivity index (χ0v) is 16.1. The van der Waals surface area contributed by atoms with Gasteiger partial charge in [-0.15, -0.1) is 0 Å². The van der Waals surface area contributed by atoms with Crippen LogP contribution in [0.5, 0.6) is 5.75 Å². The second-order valence-electron chi connectivity index (χ2n) is 6.88. The summed E-state index contributed by atoms with van der Waals surface area (Å²) in [5.74, 6) is 0.302. The van der Waals surface area contributed by atoms with Gasteiger partial charge < -0.3 is 4.18 Å². The van der Waals surface area contributed by atoms with Gasteiger partial charge in [0.25, 0.3) is 0 Å². The van der Waals surface area contributed by atoms with Crippen LogP contribution in [0.25, 0.3) is 21.5 Å². The molecule has 0 atom stereocenters. The third kappa shape index (κ3) is 2.47. The lowest BCUT2D eigenvalue weighted by Crippen LogP contribution is -2.19. The topological polar surface area (TPSA) is 71.5 Å². The molecule has 28 heavy (non-hydrogen) atoms. The number of anilines is 2. The van der Waals surface area contributed by atoms with Gasteiger partial charge >= 0.3 is 10.1 Å². The molecule has 5 rings (SSSR count). The van der Waals surface area contributed by atoms with Crippen molar-refractivity contribution >= 4 is 43.0 Å². The van der Waals surface area contributed by atoms with E-state index in [1.807, 2.05) is 37.2 Å². The van der Waals surface area contributed by atoms with E-state index in [1.165, 1.54) is 0 Å². The molecule has 7 heteroatoms. The molecule has 3 aromatic carbocycles. The van der Waals surface area contributed by atoms with Crippen LogP contribution in [0.15, 0.2) is 65.8 Å². The molecule has 1 aromatic heterocycles. The van der Waals surface area contributed by atoms with Gasteiger partial charge in [0.1, 0.15) is 4.90 Å². The number of fused-ring (bicyclic) bond motifs is 2. The van der Waals surface area contributed by atoms with Crippen LogP contribution in [0, 0.1) is 6.92 Å². The molecule has 1 aliphatic rings. The normalized spacial score (nSPS) is 13.1. The zero-order chi connectivity index (χ0) is 19.5. The molecule has 0 spiro atoms. The molecule has 0 saturated heterocycles. The fourth-order valence-corrected chi connectivity index (χ4v) is 4.54. The molecule has 0 unspecified atom stereocenters. The van der Waals surface area contributed by atoms with Crippen molar-refractivity contribution in [2.45, 2.75) is 11.8 Å². The van der Waals surface area contributed by atoms with E-state index >= 15 is 0 Å². The molecule has 140 valence electrons. The fourth-order valence-electron chi connectivity index (χ4n) is 3.59. The summed E-state index contributed by atoms with van der Waals surface area (Å²) >= 11 is 0. The van der Waals surface area contributed by atoms with Crippen LogP contribution >= 0.6 is 0 Å². The van der Waals surface area contributed by atoms with Crippen LogP contribution in [0.3, 0.4) is 0 Å². The van der Waals surface area contributed by atoms with E-state index < -0.39 is 10.1 Å². The molecule has 0 amide bonds. The van der Waals surface area contributed by atoms with Crippen molar-refractivity contribution in [3.63, 3.8) is 0 Å². The Morgan fingerprint density at radius 1 is 1.04 bits per heavy atom. The van der Waals surface area contributed by atoms with E-state index in [1.54, 1.807) is 42.7 Å². The second-order valence-corrected chi connectivity index (χ2v) is 8.42. The molecule has 2 heterocycles. The number of rotatable bonds is 3. The fraction of sp³-hybridized carbons (Fsp3) is 0.0952. The number of nitrogens with one attached hydrogen (secondary N) is 1. The van der Waals surface area contributed by atoms with Gasteiger partial charge in [0.05, 0.1) is 11.4 Å². The molecule has 0 fully saturated rings. The lowest BCUT2D eigenvalue weighted by Gasteiger charge is -2.13. The Bertz CT molecular complexity index is 1350. The van der Waals surface area contributed by atoms with Gasteiger partial charge in [-0.2, -0.15) is 8.42 Å². The SMILES string of the molecule is Cc1ccc(S(=O)(=O)Oc2ccc3c4c(c5cnccc5cc24)NN3C)cc1. The Balaban J connectivity index is 1.72. The van der Waals surface area contributed by atoms with Gasteiger partial charge in [0, 0.05) is 35.6 Å². The number of benzene rings is 3. The number of aryl methyl sites for hydroxylation is 1. The minimum absolute atomic E-state index is 0.130. The van der Waals surface area contributed by atoms with Crippen molar-refractivity contribution in [2.75, 3.05) is 17.5 Å². The van der Waals surface area contributed by atoms with Crippen molar-refractivity contribution < 1.29 is 12.6 Å². The first-order chi connectivity index (χ1) is 13.4. The summed E-state index contributed by atoms with van der Waals surface area (Å²) in [6.07, 6.45) is 3.52. The predicted molar refractivity (Wildman–Crippen MR) is 110 cm³/mol. The van der Waals surface area contributed by atoms with Crippen LogP contribution in [-0.4, -0.2) is 20.4 Å². The number of hydrogen-bond donors (Lipinski definition) is 1. The highest BCUT2D eigenvalue weighted by molar-refractivity contribution is 7.87. The van der Waals surface area contributed by atoms with Gasteiger partial charge in [-0.3, -0.25) is 15.4 Å². The molecular formula is C21H17N3O3S. The third-order valence-electron chi connectivity index (χ3n) is 5.01. The van der Waals surface area contributed by atoms with Crippen LogP contribution in [0.4, 0.5) is 11.4 Å². The molecule has 0 aliphatic carbocycles. The van der Waals surface area contributed by atoms with Gasteiger partial charge in [-0.25, -0.2) is 0 Å². The summed E-state index contributed by atoms with van der Waals surface area (Å²) in [7, 11) is -2.02. The van der Waals surface area contributed by atoms with E-state index in [2.05, 4.69) is 10.4 Å². The van der Waals surface area contributed by atoms with Gasteiger partial charge in [0.2, 0.25) is 0 Å². The van der Waals surface area contributed by atoms with Crippen LogP contribution in [-0.2, 0) is 10.1 Å². The number of nitrogens with zero attached hydrogens (tertiary/aromatic N) is 2. The number of hydrazine groups is 1. The first-order valence-corrected chi connectivity index (χ1v) is 10.2. The highest BCUT2D eigenvalue weighted by Crippen LogP contribution is 2.46. The molecule has 4 aromatic rings. The second kappa shape index (κ2) is 5.84. The first-order valence-electron chi connectivity index (χ1n) is 8.79. The Hall–Kier alpha value is -3.32. The zero-order valence-electron chi connectivity index (χ0n) is 15.3. The minimum atomic E-state index is -3.94. The number of aromatic nitrogens is 1. The lowest BCUT2D eigenvalue weighted by atomic mass is 10.0. The van der Waals surface area contributed by atoms with E-state index in [-0.39, 0.29) is 4.90 Å². The molecule has 0 bridgehead atoms. The summed E-state index contributed by atoms with van der Waals surface area (Å²) in [6.45, 7) is 1.91. The summed E-state index contributed by atoms with van der Waals surface area (Å²) in [4.78, 5) is 4.35. The van der Waals surface area contributed by atoms with E-state index in [0.29, 0.717) is 5.75 Å². The van der Waals surface area contributed by atoms with Crippen LogP contribution < -0.4 is 14.6 Å². The average Bonchev–Trinajstić information content (AvgIpc) is 3.02. The average molecular weight is 391 g/mol. The Morgan fingerprint density at radius 3 is 2.61 bits per heavy atom. The molecule has 0 saturated carbocycles. The third-order valence-corrected chi connectivity index (χ3v) is 6.26. The Kier molecular flexibility index (Phi) is 3.51. The van der Waals surface area contributed by atoms with Crippen molar-refractivity contribution in [1.29, 1.82) is 0 Å². The van der Waals surface area contributed by atoms with Gasteiger partial charge in [-0.05, 0) is 48.7 Å². The molecular weight excluding hydrogens is 374 g/mol. The highest BCUT2D eigenvalue weighted by atomic mass is 32.2. The summed E-state index contributed by atoms with van der Waals surface area (Å²) < 4.78 is 31.2. The van der Waals surface area contributed by atoms with Crippen molar-refractivity contribution in [3.05, 3.63) is 66.5 Å². The van der Waals surface area contributed by atoms with Crippen molar-refractivity contribution in [3.8, 4) is 5.75 Å². The molecule has 6 nitrogen and oxygen atoms in total. The standard InChI is InChI=1S/C21H17N3O3S/c1-13-3-5-15(6-4-13)28(25,26)27-19-8-7-18-20-16(19)11-14-9-10-22-12-17(14)21(20)23-24(18)2/h3-12,23H,1-2H3. The van der Waals surface area contributed by atoms with Crippen LogP contribution in [0.2, 0.25) is 0 Å². The number of pyridine rings is 1. The summed E-state index contributed by atoms with van der Waals surface area (Å²) in [5.41, 5.74) is 6.17. The molecule has 1 aliphatic heterocycles. The monoisotopic (exact) mass is 391 g/mol. The molecule has 1 N–H and O–H groups in total. The maximum absolute atomic E-state index is 12.8. The van der Waals surface area contributed by atoms with E-state index in [4.69, 9.17) is 4.18 Å². The lowest BCUT2D eigenvalue weighted by molar-refractivity contribution is 0.489. The number of hydrogen-bond acceptors (Lipinski definition) is 6. The Labute approximate surface area is 162 Å². The highest BCUT2D eigenvalue weighted by Gasteiger charge is 2.25. The first kappa shape index (κ1) is 16.8. The summed E-state index contributed by atoms with van der Waals surface area (Å²) in [5, 5.41) is 5.48. The maximum atomic E-state index is 12.8. The molecule has 0 radical (unpaired) electrons. The van der Waals surface area contributed by atoms with E-state index in [0.717, 1.165) is 38.5 Å². The largest absolute Gasteiger partial charge is 0.378 e. The maximum Gasteiger partial charge on any atom is 0.339 e. The minimum Gasteiger partial charge on any atom is -0.378 e. The van der Waals surface area contributed by atoms with Gasteiger partial charge in [-0.1, -0.05) is 17.7 Å². The predicted octanol–water partition coefficient (Wildman–Crippen LogP) is 4.24. The van der Waals surface area contributed by atoms with Crippen molar-refractivity contribution in [2.24, 2.45) is 0 Å². The summed E-state index contributed by atoms with van der Waals surface area (Å²) in [6, 6.07) is 14.0. The van der Waals surface area contributed by atoms with Crippen LogP contribution in [0.1, 0.15) is 5.56 Å². The Morgan fingerprint density at radius 2 is 1.82 bits per heavy atom. The van der Waals surface area contributed by atoms with Crippen molar-refractivity contribution in [1.82, 2.24) is 4.98 Å². The smallest absolute Gasteiger partial charge is 0.339 e. The quantitative estimate of drug-likeness (QED) is 0.416. The van der Waals surface area contributed by atoms with E-state index in [9.17, 15) is 8.42 Å².